The van der Waals surface area contributed by atoms with Gasteiger partial charge in [0.1, 0.15) is 5.82 Å². The van der Waals surface area contributed by atoms with E-state index in [4.69, 9.17) is 14.7 Å². The average molecular weight is 412 g/mol. The van der Waals surface area contributed by atoms with Gasteiger partial charge in [-0.1, -0.05) is 12.1 Å². The van der Waals surface area contributed by atoms with Crippen molar-refractivity contribution in [3.05, 3.63) is 40.7 Å². The van der Waals surface area contributed by atoms with Crippen LogP contribution in [0.15, 0.2) is 24.3 Å². The first-order valence-corrected chi connectivity index (χ1v) is 11.5. The van der Waals surface area contributed by atoms with E-state index in [1.807, 2.05) is 11.3 Å². The third-order valence-corrected chi connectivity index (χ3v) is 7.26. The molecule has 154 valence electrons. The molecule has 2 fully saturated rings. The highest BCUT2D eigenvalue weighted by atomic mass is 32.1. The summed E-state index contributed by atoms with van der Waals surface area (Å²) in [4.78, 5) is 19.5. The average Bonchev–Trinajstić information content (AvgIpc) is 3.32. The summed E-state index contributed by atoms with van der Waals surface area (Å²) in [5.74, 6) is 1.79. The molecule has 0 unspecified atom stereocenters. The van der Waals surface area contributed by atoms with Crippen LogP contribution in [0.5, 0.6) is 0 Å². The van der Waals surface area contributed by atoms with Crippen molar-refractivity contribution in [2.45, 2.75) is 32.7 Å². The lowest BCUT2D eigenvalue weighted by molar-refractivity contribution is 0.122. The van der Waals surface area contributed by atoms with Gasteiger partial charge in [-0.3, -0.25) is 4.90 Å². The molecule has 0 aliphatic carbocycles. The molecule has 2 saturated heterocycles. The minimum Gasteiger partial charge on any atom is -0.378 e. The van der Waals surface area contributed by atoms with Gasteiger partial charge in [0, 0.05) is 37.5 Å². The lowest BCUT2D eigenvalue weighted by Crippen LogP contribution is -2.36. The maximum absolute atomic E-state index is 5.48. The van der Waals surface area contributed by atoms with E-state index in [9.17, 15) is 0 Å². The second-order valence-corrected chi connectivity index (χ2v) is 9.31. The number of aryl methyl sites for hydroxylation is 1. The summed E-state index contributed by atoms with van der Waals surface area (Å²) in [6.45, 7) is 9.02. The number of para-hydroxylation sites is 2. The van der Waals surface area contributed by atoms with E-state index in [0.29, 0.717) is 5.92 Å². The molecule has 7 heteroatoms. The van der Waals surface area contributed by atoms with E-state index >= 15 is 0 Å². The molecule has 0 radical (unpaired) electrons. The SMILES string of the molecule is Cc1nc(N2CCOCC2)sc1CN1CCC[C@H](Cc2nc3ccccc3[nH]2)C1. The van der Waals surface area contributed by atoms with Crippen LogP contribution in [0.4, 0.5) is 5.13 Å². The van der Waals surface area contributed by atoms with E-state index in [0.717, 1.165) is 67.8 Å². The Kier molecular flexibility index (Phi) is 5.52. The highest BCUT2D eigenvalue weighted by Gasteiger charge is 2.24. The summed E-state index contributed by atoms with van der Waals surface area (Å²) in [7, 11) is 0. The molecule has 4 heterocycles. The first-order valence-electron chi connectivity index (χ1n) is 10.7. The van der Waals surface area contributed by atoms with Crippen molar-refractivity contribution in [2.75, 3.05) is 44.3 Å². The summed E-state index contributed by atoms with van der Waals surface area (Å²) in [6.07, 6.45) is 3.58. The van der Waals surface area contributed by atoms with Crippen molar-refractivity contribution in [3.8, 4) is 0 Å². The monoisotopic (exact) mass is 411 g/mol. The van der Waals surface area contributed by atoms with Crippen molar-refractivity contribution < 1.29 is 4.74 Å². The number of fused-ring (bicyclic) bond motifs is 1. The summed E-state index contributed by atoms with van der Waals surface area (Å²) >= 11 is 1.87. The molecule has 3 aromatic rings. The van der Waals surface area contributed by atoms with Crippen molar-refractivity contribution in [1.82, 2.24) is 19.9 Å². The third-order valence-electron chi connectivity index (χ3n) is 6.05. The summed E-state index contributed by atoms with van der Waals surface area (Å²) in [5.41, 5.74) is 3.41. The molecule has 0 bridgehead atoms. The maximum Gasteiger partial charge on any atom is 0.185 e. The zero-order chi connectivity index (χ0) is 19.6. The predicted molar refractivity (Wildman–Crippen MR) is 118 cm³/mol. The molecule has 6 nitrogen and oxygen atoms in total. The van der Waals surface area contributed by atoms with E-state index in [2.05, 4.69) is 46.0 Å². The van der Waals surface area contributed by atoms with E-state index in [-0.39, 0.29) is 0 Å². The Morgan fingerprint density at radius 1 is 1.17 bits per heavy atom. The van der Waals surface area contributed by atoms with Crippen LogP contribution in [-0.2, 0) is 17.7 Å². The molecule has 5 rings (SSSR count). The van der Waals surface area contributed by atoms with Gasteiger partial charge in [0.05, 0.1) is 29.9 Å². The van der Waals surface area contributed by atoms with Crippen molar-refractivity contribution in [1.29, 1.82) is 0 Å². The predicted octanol–water partition coefficient (Wildman–Crippen LogP) is 3.62. The number of hydrogen-bond acceptors (Lipinski definition) is 6. The van der Waals surface area contributed by atoms with Gasteiger partial charge in [-0.05, 0) is 44.4 Å². The van der Waals surface area contributed by atoms with Crippen LogP contribution in [0.1, 0.15) is 29.2 Å². The molecule has 2 aliphatic heterocycles. The number of likely N-dealkylation sites (tertiary alicyclic amines) is 1. The Morgan fingerprint density at radius 2 is 2.03 bits per heavy atom. The van der Waals surface area contributed by atoms with Crippen molar-refractivity contribution >= 4 is 27.5 Å². The minimum absolute atomic E-state index is 0.663. The lowest BCUT2D eigenvalue weighted by atomic mass is 9.94. The normalized spacial score (nSPS) is 21.1. The zero-order valence-electron chi connectivity index (χ0n) is 17.1. The highest BCUT2D eigenvalue weighted by molar-refractivity contribution is 7.15. The Morgan fingerprint density at radius 3 is 2.90 bits per heavy atom. The number of hydrogen-bond donors (Lipinski definition) is 1. The second kappa shape index (κ2) is 8.42. The quantitative estimate of drug-likeness (QED) is 0.695. The van der Waals surface area contributed by atoms with Gasteiger partial charge < -0.3 is 14.6 Å². The third kappa shape index (κ3) is 4.32. The number of anilines is 1. The van der Waals surface area contributed by atoms with E-state index < -0.39 is 0 Å². The van der Waals surface area contributed by atoms with Gasteiger partial charge >= 0.3 is 0 Å². The number of imidazole rings is 1. The maximum atomic E-state index is 5.48. The summed E-state index contributed by atoms with van der Waals surface area (Å²) in [6, 6.07) is 8.31. The molecule has 29 heavy (non-hydrogen) atoms. The number of piperidine rings is 1. The number of aromatic nitrogens is 3. The first-order chi connectivity index (χ1) is 14.2. The van der Waals surface area contributed by atoms with Crippen LogP contribution in [-0.4, -0.2) is 59.2 Å². The fourth-order valence-electron chi connectivity index (χ4n) is 4.49. The van der Waals surface area contributed by atoms with Crippen molar-refractivity contribution in [3.63, 3.8) is 0 Å². The van der Waals surface area contributed by atoms with Crippen LogP contribution in [0.2, 0.25) is 0 Å². The fraction of sp³-hybridized carbons (Fsp3) is 0.545. The lowest BCUT2D eigenvalue weighted by Gasteiger charge is -2.32. The molecular formula is C22H29N5OS. The molecule has 0 amide bonds. The van der Waals surface area contributed by atoms with Gasteiger partial charge in [-0.25, -0.2) is 9.97 Å². The number of aromatic amines is 1. The number of benzene rings is 1. The molecule has 2 aromatic heterocycles. The largest absolute Gasteiger partial charge is 0.378 e. The Hall–Kier alpha value is -1.96. The minimum atomic E-state index is 0.663. The number of H-pyrrole nitrogens is 1. The van der Waals surface area contributed by atoms with Crippen LogP contribution in [0, 0.1) is 12.8 Å². The molecule has 0 saturated carbocycles. The van der Waals surface area contributed by atoms with Gasteiger partial charge in [-0.2, -0.15) is 0 Å². The van der Waals surface area contributed by atoms with Crippen LogP contribution < -0.4 is 4.90 Å². The number of nitrogens with zero attached hydrogens (tertiary/aromatic N) is 4. The second-order valence-electron chi connectivity index (χ2n) is 8.25. The Labute approximate surface area is 175 Å². The molecule has 2 aliphatic rings. The molecule has 1 atom stereocenters. The smallest absolute Gasteiger partial charge is 0.185 e. The Balaban J connectivity index is 1.22. The summed E-state index contributed by atoms with van der Waals surface area (Å²) < 4.78 is 5.48. The van der Waals surface area contributed by atoms with E-state index in [1.54, 1.807) is 0 Å². The zero-order valence-corrected chi connectivity index (χ0v) is 17.9. The molecule has 0 spiro atoms. The fourth-order valence-corrected chi connectivity index (χ4v) is 5.64. The Bertz CT molecular complexity index is 928. The van der Waals surface area contributed by atoms with E-state index in [1.165, 1.54) is 30.0 Å². The topological polar surface area (TPSA) is 57.3 Å². The van der Waals surface area contributed by atoms with Crippen LogP contribution >= 0.6 is 11.3 Å². The molecular weight excluding hydrogens is 382 g/mol. The first kappa shape index (κ1) is 19.0. The van der Waals surface area contributed by atoms with Gasteiger partial charge in [0.2, 0.25) is 0 Å². The van der Waals surface area contributed by atoms with Crippen molar-refractivity contribution in [2.24, 2.45) is 5.92 Å². The van der Waals surface area contributed by atoms with Gasteiger partial charge in [0.25, 0.3) is 0 Å². The number of nitrogens with one attached hydrogen (secondary N) is 1. The molecule has 1 N–H and O–H groups in total. The standard InChI is InChI=1S/C22H29N5OS/c1-16-20(29-22(23-16)27-9-11-28-12-10-27)15-26-8-4-5-17(14-26)13-21-24-18-6-2-3-7-19(18)25-21/h2-3,6-7,17H,4-5,8-15H2,1H3,(H,24,25)/t17-/m1/s1. The number of morpholine rings is 1. The highest BCUT2D eigenvalue weighted by Crippen LogP contribution is 2.29. The number of rotatable bonds is 5. The number of thiazole rings is 1. The van der Waals surface area contributed by atoms with Gasteiger partial charge in [0.15, 0.2) is 5.13 Å². The van der Waals surface area contributed by atoms with Crippen LogP contribution in [0.25, 0.3) is 11.0 Å². The van der Waals surface area contributed by atoms with Crippen LogP contribution in [0.3, 0.4) is 0 Å². The van der Waals surface area contributed by atoms with Gasteiger partial charge in [-0.15, -0.1) is 11.3 Å². The number of ether oxygens (including phenoxy) is 1. The molecule has 1 aromatic carbocycles. The summed E-state index contributed by atoms with van der Waals surface area (Å²) in [5, 5.41) is 1.16.